The molecule has 0 saturated heterocycles. The van der Waals surface area contributed by atoms with E-state index in [1.54, 1.807) is 0 Å². The van der Waals surface area contributed by atoms with Crippen LogP contribution < -0.4 is 5.32 Å². The third kappa shape index (κ3) is 47.8. The van der Waals surface area contributed by atoms with Crippen molar-refractivity contribution in [2.24, 2.45) is 0 Å². The van der Waals surface area contributed by atoms with Crippen molar-refractivity contribution < 1.29 is 24.5 Å². The second-order valence-corrected chi connectivity index (χ2v) is 19.0. The van der Waals surface area contributed by atoms with Gasteiger partial charge in [-0.25, -0.2) is 0 Å². The van der Waals surface area contributed by atoms with Crippen LogP contribution in [0.25, 0.3) is 0 Å². The lowest BCUT2D eigenvalue weighted by Crippen LogP contribution is -2.46. The molecule has 3 atom stereocenters. The van der Waals surface area contributed by atoms with Gasteiger partial charge in [0, 0.05) is 6.42 Å². The van der Waals surface area contributed by atoms with Crippen LogP contribution in [0.2, 0.25) is 0 Å². The number of amides is 1. The number of carbonyl (C=O) groups excluding carboxylic acids is 2. The van der Waals surface area contributed by atoms with Crippen molar-refractivity contribution in [2.45, 2.75) is 296 Å². The number of carbonyl (C=O) groups is 2. The molecule has 0 aliphatic heterocycles. The number of hydrogen-bond donors (Lipinski definition) is 3. The zero-order chi connectivity index (χ0) is 47.4. The topological polar surface area (TPSA) is 95.9 Å². The standard InChI is InChI=1S/C59H107NO5/c1-4-7-10-13-16-19-22-25-28-29-31-33-36-39-42-45-48-51-57(62)56(54-61)60-58(63)53-55(50-47-44-41-38-35-32-30-26-23-20-17-14-11-8-5-2)65-59(64)52-49-46-43-40-37-34-27-24-21-18-15-12-9-6-3/h9,12,17-18,20-21,26-27,30,34,55-57,61-62H,4-8,10-11,13-16,19,22-25,28-29,31-33,35-54H2,1-3H3,(H,60,63)/b12-9+,20-17-,21-18+,30-26-,34-27+. The van der Waals surface area contributed by atoms with E-state index in [0.717, 1.165) is 103 Å². The van der Waals surface area contributed by atoms with Crippen LogP contribution in [0.15, 0.2) is 60.8 Å². The third-order valence-electron chi connectivity index (χ3n) is 12.6. The van der Waals surface area contributed by atoms with Crippen LogP contribution in [0.5, 0.6) is 0 Å². The van der Waals surface area contributed by atoms with E-state index in [2.05, 4.69) is 86.8 Å². The van der Waals surface area contributed by atoms with Gasteiger partial charge in [-0.2, -0.15) is 0 Å². The van der Waals surface area contributed by atoms with E-state index in [-0.39, 0.29) is 24.9 Å². The lowest BCUT2D eigenvalue weighted by molar-refractivity contribution is -0.151. The number of esters is 1. The average molecular weight is 911 g/mol. The van der Waals surface area contributed by atoms with Crippen molar-refractivity contribution in [3.63, 3.8) is 0 Å². The molecule has 0 radical (unpaired) electrons. The van der Waals surface area contributed by atoms with Gasteiger partial charge in [0.25, 0.3) is 0 Å². The zero-order valence-electron chi connectivity index (χ0n) is 43.1. The van der Waals surface area contributed by atoms with Crippen molar-refractivity contribution in [3.05, 3.63) is 60.8 Å². The molecule has 6 nitrogen and oxygen atoms in total. The minimum absolute atomic E-state index is 0.0584. The molecule has 0 bridgehead atoms. The third-order valence-corrected chi connectivity index (χ3v) is 12.6. The Hall–Kier alpha value is -2.44. The number of aliphatic hydroxyl groups is 2. The van der Waals surface area contributed by atoms with Crippen LogP contribution in [-0.2, 0) is 14.3 Å². The predicted molar refractivity (Wildman–Crippen MR) is 282 cm³/mol. The minimum Gasteiger partial charge on any atom is -0.462 e. The first-order valence-electron chi connectivity index (χ1n) is 28.0. The Morgan fingerprint density at radius 3 is 1.29 bits per heavy atom. The normalized spacial score (nSPS) is 13.6. The summed E-state index contributed by atoms with van der Waals surface area (Å²) in [6.07, 6.45) is 65.7. The Morgan fingerprint density at radius 2 is 0.831 bits per heavy atom. The van der Waals surface area contributed by atoms with Crippen molar-refractivity contribution >= 4 is 11.9 Å². The second kappa shape index (κ2) is 52.5. The average Bonchev–Trinajstić information content (AvgIpc) is 3.30. The molecule has 6 heteroatoms. The molecule has 0 aromatic heterocycles. The Morgan fingerprint density at radius 1 is 0.462 bits per heavy atom. The van der Waals surface area contributed by atoms with Gasteiger partial charge in [0.05, 0.1) is 25.2 Å². The smallest absolute Gasteiger partial charge is 0.306 e. The second-order valence-electron chi connectivity index (χ2n) is 19.0. The molecule has 0 aromatic rings. The van der Waals surface area contributed by atoms with E-state index >= 15 is 0 Å². The molecule has 0 spiro atoms. The molecule has 65 heavy (non-hydrogen) atoms. The fourth-order valence-electron chi connectivity index (χ4n) is 8.36. The van der Waals surface area contributed by atoms with E-state index in [1.165, 1.54) is 128 Å². The van der Waals surface area contributed by atoms with Gasteiger partial charge in [-0.15, -0.1) is 0 Å². The summed E-state index contributed by atoms with van der Waals surface area (Å²) in [5, 5.41) is 23.9. The molecule has 0 heterocycles. The first-order chi connectivity index (χ1) is 32.0. The molecule has 1 amide bonds. The summed E-state index contributed by atoms with van der Waals surface area (Å²) in [5.41, 5.74) is 0. The maximum Gasteiger partial charge on any atom is 0.306 e. The van der Waals surface area contributed by atoms with E-state index < -0.39 is 18.2 Å². The number of aliphatic hydroxyl groups excluding tert-OH is 2. The number of allylic oxidation sites excluding steroid dienone is 10. The van der Waals surface area contributed by atoms with Gasteiger partial charge in [0.1, 0.15) is 6.10 Å². The van der Waals surface area contributed by atoms with Gasteiger partial charge in [-0.05, 0) is 89.9 Å². The number of nitrogens with one attached hydrogen (secondary N) is 1. The number of rotatable bonds is 50. The number of unbranched alkanes of at least 4 members (excludes halogenated alkanes) is 28. The van der Waals surface area contributed by atoms with Gasteiger partial charge in [0.2, 0.25) is 5.91 Å². The molecule has 3 N–H and O–H groups in total. The van der Waals surface area contributed by atoms with Crippen LogP contribution in [0.3, 0.4) is 0 Å². The lowest BCUT2D eigenvalue weighted by atomic mass is 10.0. The van der Waals surface area contributed by atoms with Gasteiger partial charge < -0.3 is 20.3 Å². The highest BCUT2D eigenvalue weighted by Crippen LogP contribution is 2.18. The van der Waals surface area contributed by atoms with E-state index in [1.807, 2.05) is 0 Å². The maximum absolute atomic E-state index is 13.3. The van der Waals surface area contributed by atoms with Gasteiger partial charge in [-0.3, -0.25) is 9.59 Å². The molecule has 0 aliphatic rings. The first-order valence-corrected chi connectivity index (χ1v) is 28.0. The molecule has 0 rings (SSSR count). The number of ether oxygens (including phenoxy) is 1. The molecule has 0 fully saturated rings. The Bertz CT molecular complexity index is 1160. The van der Waals surface area contributed by atoms with Crippen LogP contribution in [0.1, 0.15) is 278 Å². The van der Waals surface area contributed by atoms with E-state index in [9.17, 15) is 19.8 Å². The van der Waals surface area contributed by atoms with E-state index in [0.29, 0.717) is 19.3 Å². The largest absolute Gasteiger partial charge is 0.462 e. The van der Waals surface area contributed by atoms with Gasteiger partial charge in [0.15, 0.2) is 0 Å². The van der Waals surface area contributed by atoms with E-state index in [4.69, 9.17) is 4.74 Å². The van der Waals surface area contributed by atoms with Gasteiger partial charge >= 0.3 is 5.97 Å². The monoisotopic (exact) mass is 910 g/mol. The molecule has 0 aromatic carbocycles. The van der Waals surface area contributed by atoms with Crippen molar-refractivity contribution in [1.29, 1.82) is 0 Å². The highest BCUT2D eigenvalue weighted by Gasteiger charge is 2.24. The van der Waals surface area contributed by atoms with Gasteiger partial charge in [-0.1, -0.05) is 236 Å². The predicted octanol–water partition coefficient (Wildman–Crippen LogP) is 17.2. The maximum atomic E-state index is 13.3. The molecular formula is C59H107NO5. The van der Waals surface area contributed by atoms with Crippen LogP contribution >= 0.6 is 0 Å². The summed E-state index contributed by atoms with van der Waals surface area (Å²) >= 11 is 0. The SMILES string of the molecule is CC/C=C/C/C=C/C/C=C/CCCCCCC(=O)OC(CCCCCCC/C=C\C/C=C\CCCCC)CC(=O)NC(CO)C(O)CCCCCCCCCCCCCCCCCCC. The highest BCUT2D eigenvalue weighted by atomic mass is 16.5. The van der Waals surface area contributed by atoms with Crippen molar-refractivity contribution in [1.82, 2.24) is 5.32 Å². The summed E-state index contributed by atoms with van der Waals surface area (Å²) in [6.45, 7) is 6.36. The Kier molecular flexibility index (Phi) is 50.6. The van der Waals surface area contributed by atoms with Crippen molar-refractivity contribution in [3.8, 4) is 0 Å². The number of hydrogen-bond acceptors (Lipinski definition) is 5. The zero-order valence-corrected chi connectivity index (χ0v) is 43.1. The summed E-state index contributed by atoms with van der Waals surface area (Å²) in [5.74, 6) is -0.508. The fraction of sp³-hybridized carbons (Fsp3) is 0.797. The summed E-state index contributed by atoms with van der Waals surface area (Å²) in [4.78, 5) is 26.2. The Balaban J connectivity index is 4.58. The lowest BCUT2D eigenvalue weighted by Gasteiger charge is -2.24. The highest BCUT2D eigenvalue weighted by molar-refractivity contribution is 5.77. The molecule has 0 saturated carbocycles. The Labute approximate surface area is 403 Å². The van der Waals surface area contributed by atoms with Crippen LogP contribution in [-0.4, -0.2) is 46.9 Å². The van der Waals surface area contributed by atoms with Crippen molar-refractivity contribution in [2.75, 3.05) is 6.61 Å². The van der Waals surface area contributed by atoms with Crippen LogP contribution in [0, 0.1) is 0 Å². The molecule has 3 unspecified atom stereocenters. The summed E-state index contributed by atoms with van der Waals surface area (Å²) in [7, 11) is 0. The minimum atomic E-state index is -0.798. The summed E-state index contributed by atoms with van der Waals surface area (Å²) in [6, 6.07) is -0.713. The fourth-order valence-corrected chi connectivity index (χ4v) is 8.36. The summed E-state index contributed by atoms with van der Waals surface area (Å²) < 4.78 is 5.93. The molecule has 378 valence electrons. The van der Waals surface area contributed by atoms with Crippen LogP contribution in [0.4, 0.5) is 0 Å². The molecular weight excluding hydrogens is 803 g/mol. The molecule has 0 aliphatic carbocycles. The first kappa shape index (κ1) is 62.6. The quantitative estimate of drug-likeness (QED) is 0.0321.